The van der Waals surface area contributed by atoms with Crippen LogP contribution >= 0.6 is 50.3 Å². The van der Waals surface area contributed by atoms with Gasteiger partial charge in [-0.3, -0.25) is 19.3 Å². The largest absolute Gasteiger partial charge is 0.480 e. The lowest BCUT2D eigenvalue weighted by molar-refractivity contribution is -0.139. The highest BCUT2D eigenvalue weighted by molar-refractivity contribution is 14.1. The van der Waals surface area contributed by atoms with E-state index in [9.17, 15) is 19.2 Å². The van der Waals surface area contributed by atoms with Crippen LogP contribution in [-0.4, -0.2) is 77.3 Å². The molecule has 0 unspecified atom stereocenters. The van der Waals surface area contributed by atoms with Crippen LogP contribution in [0, 0.1) is 3.57 Å². The number of carboxylic acid groups (broad SMARTS) is 1. The summed E-state index contributed by atoms with van der Waals surface area (Å²) in [6.45, 7) is 1.61. The molecule has 2 aromatic rings. The number of nitrogens with zero attached hydrogens (tertiary/aromatic N) is 3. The van der Waals surface area contributed by atoms with Crippen molar-refractivity contribution in [3.63, 3.8) is 0 Å². The van der Waals surface area contributed by atoms with Crippen molar-refractivity contribution in [3.05, 3.63) is 61.0 Å². The van der Waals surface area contributed by atoms with Crippen molar-refractivity contribution in [2.24, 2.45) is 0 Å². The van der Waals surface area contributed by atoms with Crippen LogP contribution in [0.1, 0.15) is 5.56 Å². The summed E-state index contributed by atoms with van der Waals surface area (Å²) in [5.74, 6) is -1.49. The van der Waals surface area contributed by atoms with Crippen LogP contribution in [0.2, 0.25) is 0 Å². The molecule has 0 radical (unpaired) electrons. The summed E-state index contributed by atoms with van der Waals surface area (Å²) in [5, 5.41) is 8.34. The predicted molar refractivity (Wildman–Crippen MR) is 148 cm³/mol. The maximum Gasteiger partial charge on any atom is 0.341 e. The zero-order chi connectivity index (χ0) is 25.8. The molecule has 188 valence electrons. The first-order chi connectivity index (χ1) is 17.2. The summed E-state index contributed by atoms with van der Waals surface area (Å²) in [5.41, 5.74) is 1.73. The van der Waals surface area contributed by atoms with E-state index in [0.717, 1.165) is 22.3 Å². The number of para-hydroxylation sites is 1. The number of amides is 3. The third kappa shape index (κ3) is 6.21. The average Bonchev–Trinajstić information content (AvgIpc) is 3.11. The van der Waals surface area contributed by atoms with E-state index in [1.165, 1.54) is 0 Å². The highest BCUT2D eigenvalue weighted by Crippen LogP contribution is 2.36. The van der Waals surface area contributed by atoms with Crippen molar-refractivity contribution in [2.45, 2.75) is 0 Å². The second kappa shape index (κ2) is 11.6. The maximum absolute atomic E-state index is 12.9. The number of aliphatic carboxylic acids is 1. The van der Waals surface area contributed by atoms with Crippen LogP contribution in [0.4, 0.5) is 10.5 Å². The molecule has 36 heavy (non-hydrogen) atoms. The summed E-state index contributed by atoms with van der Waals surface area (Å²) in [6.07, 6.45) is 1.57. The number of carbonyl (C=O) groups is 4. The Morgan fingerprint density at radius 2 is 1.81 bits per heavy atom. The van der Waals surface area contributed by atoms with Gasteiger partial charge in [-0.25, -0.2) is 4.79 Å². The third-order valence-electron chi connectivity index (χ3n) is 5.58. The number of piperazine rings is 1. The minimum atomic E-state index is -1.09. The third-order valence-corrected chi connectivity index (χ3v) is 7.88. The number of hydrogen-bond acceptors (Lipinski definition) is 7. The van der Waals surface area contributed by atoms with Crippen molar-refractivity contribution in [2.75, 3.05) is 44.2 Å². The Hall–Kier alpha value is -2.58. The number of benzene rings is 2. The summed E-state index contributed by atoms with van der Waals surface area (Å²) < 4.78 is 6.45. The molecule has 1 N–H and O–H groups in total. The molecule has 12 heteroatoms. The average molecular weight is 686 g/mol. The van der Waals surface area contributed by atoms with E-state index >= 15 is 0 Å². The molecule has 0 aromatic heterocycles. The number of thioether (sulfide) groups is 1. The van der Waals surface area contributed by atoms with Gasteiger partial charge in [0, 0.05) is 31.9 Å². The highest BCUT2D eigenvalue weighted by atomic mass is 127. The van der Waals surface area contributed by atoms with Gasteiger partial charge < -0.3 is 19.6 Å². The summed E-state index contributed by atoms with van der Waals surface area (Å²) in [4.78, 5) is 54.2. The molecule has 2 saturated heterocycles. The minimum absolute atomic E-state index is 0.212. The lowest BCUT2D eigenvalue weighted by atomic mass is 10.2. The molecule has 4 rings (SSSR count). The minimum Gasteiger partial charge on any atom is -0.480 e. The van der Waals surface area contributed by atoms with E-state index < -0.39 is 23.7 Å². The molecule has 0 bridgehead atoms. The lowest BCUT2D eigenvalue weighted by Crippen LogP contribution is -2.51. The van der Waals surface area contributed by atoms with Gasteiger partial charge in [0.15, 0.2) is 6.61 Å². The first kappa shape index (κ1) is 26.5. The van der Waals surface area contributed by atoms with E-state index in [1.807, 2.05) is 52.9 Å². The Bertz CT molecular complexity index is 1210. The Balaban J connectivity index is 1.38. The van der Waals surface area contributed by atoms with Gasteiger partial charge in [0.2, 0.25) is 5.91 Å². The Morgan fingerprint density at radius 1 is 1.11 bits per heavy atom. The number of carbonyl (C=O) groups excluding carboxylic acids is 3. The van der Waals surface area contributed by atoms with Crippen molar-refractivity contribution < 1.29 is 29.0 Å². The molecule has 0 atom stereocenters. The number of rotatable bonds is 7. The molecule has 0 spiro atoms. The van der Waals surface area contributed by atoms with Gasteiger partial charge >= 0.3 is 5.97 Å². The molecule has 0 saturated carbocycles. The summed E-state index contributed by atoms with van der Waals surface area (Å²) in [6, 6.07) is 13.3. The zero-order valence-electron chi connectivity index (χ0n) is 18.9. The summed E-state index contributed by atoms with van der Waals surface area (Å²) >= 11 is 6.15. The zero-order valence-corrected chi connectivity index (χ0v) is 23.4. The first-order valence-corrected chi connectivity index (χ1v) is 13.6. The lowest BCUT2D eigenvalue weighted by Gasteiger charge is -2.36. The van der Waals surface area contributed by atoms with E-state index in [0.29, 0.717) is 45.5 Å². The molecule has 2 aliphatic heterocycles. The van der Waals surface area contributed by atoms with Gasteiger partial charge in [0.1, 0.15) is 12.3 Å². The number of anilines is 1. The van der Waals surface area contributed by atoms with Gasteiger partial charge in [-0.15, -0.1) is 0 Å². The first-order valence-electron chi connectivity index (χ1n) is 10.9. The van der Waals surface area contributed by atoms with Crippen LogP contribution in [0.15, 0.2) is 51.8 Å². The van der Waals surface area contributed by atoms with Gasteiger partial charge in [-0.1, -0.05) is 18.2 Å². The van der Waals surface area contributed by atoms with E-state index in [2.05, 4.69) is 20.8 Å². The van der Waals surface area contributed by atoms with Gasteiger partial charge in [0.05, 0.1) is 12.9 Å². The van der Waals surface area contributed by atoms with Crippen molar-refractivity contribution in [1.29, 1.82) is 0 Å². The Morgan fingerprint density at radius 3 is 2.44 bits per heavy atom. The Labute approximate surface area is 233 Å². The topological polar surface area (TPSA) is 107 Å². The molecule has 3 amide bonds. The number of imide groups is 1. The van der Waals surface area contributed by atoms with E-state index in [4.69, 9.17) is 9.84 Å². The number of halogens is 2. The fourth-order valence-electron chi connectivity index (χ4n) is 3.81. The predicted octanol–water partition coefficient (Wildman–Crippen LogP) is 3.90. The normalized spacial score (nSPS) is 17.2. The maximum atomic E-state index is 12.9. The smallest absolute Gasteiger partial charge is 0.341 e. The second-order valence-corrected chi connectivity index (χ2v) is 11.0. The standard InChI is InChI=1S/C24H21BrIN3O6S/c25-17-10-15(11-18(26)22(17)35-14-21(31)32)12-19-23(33)29(24(34)36-19)13-20(30)28-8-6-27(7-9-28)16-4-2-1-3-5-16/h1-5,10-12H,6-9,13-14H2,(H,31,32)/b19-12+. The number of ether oxygens (including phenoxy) is 1. The molecule has 0 aliphatic carbocycles. The van der Waals surface area contributed by atoms with Crippen molar-refractivity contribution in [3.8, 4) is 5.75 Å². The van der Waals surface area contributed by atoms with Crippen LogP contribution < -0.4 is 9.64 Å². The Kier molecular flexibility index (Phi) is 8.57. The highest BCUT2D eigenvalue weighted by Gasteiger charge is 2.37. The molecule has 2 aliphatic rings. The van der Waals surface area contributed by atoms with Crippen LogP contribution in [-0.2, 0) is 14.4 Å². The van der Waals surface area contributed by atoms with Crippen molar-refractivity contribution in [1.82, 2.24) is 9.80 Å². The molecule has 2 heterocycles. The quantitative estimate of drug-likeness (QED) is 0.346. The van der Waals surface area contributed by atoms with Crippen LogP contribution in [0.25, 0.3) is 6.08 Å². The number of carboxylic acids is 1. The SMILES string of the molecule is O=C(O)COc1c(Br)cc(/C=C2/SC(=O)N(CC(=O)N3CCN(c4ccccc4)CC3)C2=O)cc1I. The van der Waals surface area contributed by atoms with Gasteiger partial charge in [0.25, 0.3) is 11.1 Å². The van der Waals surface area contributed by atoms with Crippen molar-refractivity contribution >= 4 is 85.1 Å². The molecule has 9 nitrogen and oxygen atoms in total. The monoisotopic (exact) mass is 685 g/mol. The van der Waals surface area contributed by atoms with E-state index in [1.54, 1.807) is 23.1 Å². The van der Waals surface area contributed by atoms with Gasteiger partial charge in [-0.05, 0) is 86.2 Å². The van der Waals surface area contributed by atoms with E-state index in [-0.39, 0.29) is 17.4 Å². The number of hydrogen-bond donors (Lipinski definition) is 1. The second-order valence-electron chi connectivity index (χ2n) is 7.97. The fraction of sp³-hybridized carbons (Fsp3) is 0.250. The summed E-state index contributed by atoms with van der Waals surface area (Å²) in [7, 11) is 0. The van der Waals surface area contributed by atoms with Crippen LogP contribution in [0.5, 0.6) is 5.75 Å². The van der Waals surface area contributed by atoms with Gasteiger partial charge in [-0.2, -0.15) is 0 Å². The molecule has 2 fully saturated rings. The van der Waals surface area contributed by atoms with Crippen LogP contribution in [0.3, 0.4) is 0 Å². The molecular formula is C24H21BrIN3O6S. The molecule has 2 aromatic carbocycles. The molecular weight excluding hydrogens is 665 g/mol. The fourth-order valence-corrected chi connectivity index (χ4v) is 6.42.